The van der Waals surface area contributed by atoms with Crippen LogP contribution in [0.25, 0.3) is 0 Å². The van der Waals surface area contributed by atoms with Crippen molar-refractivity contribution in [2.24, 2.45) is 0 Å². The summed E-state index contributed by atoms with van der Waals surface area (Å²) in [6, 6.07) is 7.15. The Kier molecular flexibility index (Phi) is 4.89. The summed E-state index contributed by atoms with van der Waals surface area (Å²) in [5, 5.41) is 12.6. The van der Waals surface area contributed by atoms with E-state index in [1.165, 1.54) is 24.3 Å². The van der Waals surface area contributed by atoms with Gasteiger partial charge in [0.1, 0.15) is 5.75 Å². The number of rotatable bonds is 7. The van der Waals surface area contributed by atoms with Crippen molar-refractivity contribution >= 4 is 21.8 Å². The van der Waals surface area contributed by atoms with E-state index < -0.39 is 22.6 Å². The van der Waals surface area contributed by atoms with Crippen LogP contribution in [0.4, 0.5) is 5.82 Å². The molecule has 124 valence electrons. The van der Waals surface area contributed by atoms with Gasteiger partial charge in [-0.1, -0.05) is 0 Å². The van der Waals surface area contributed by atoms with Crippen LogP contribution in [0.1, 0.15) is 19.9 Å². The topological polar surface area (TPSA) is 111 Å². The molecular weight excluding hydrogens is 322 g/mol. The van der Waals surface area contributed by atoms with Crippen molar-refractivity contribution in [1.29, 1.82) is 0 Å². The normalized spacial score (nSPS) is 11.4. The van der Waals surface area contributed by atoms with Gasteiger partial charge in [0.05, 0.1) is 4.90 Å². The molecule has 2 N–H and O–H groups in total. The van der Waals surface area contributed by atoms with Crippen molar-refractivity contribution in [3.63, 3.8) is 0 Å². The lowest BCUT2D eigenvalue weighted by Gasteiger charge is -2.08. The monoisotopic (exact) mass is 339 g/mol. The molecule has 1 heterocycles. The number of hydrogen-bond acceptors (Lipinski definition) is 5. The van der Waals surface area contributed by atoms with E-state index in [9.17, 15) is 13.2 Å². The van der Waals surface area contributed by atoms with E-state index in [4.69, 9.17) is 9.84 Å². The highest BCUT2D eigenvalue weighted by atomic mass is 32.2. The molecule has 2 rings (SSSR count). The first-order chi connectivity index (χ1) is 10.8. The molecule has 0 bridgehead atoms. The standard InChI is InChI=1S/C14H17N3O5S/c1-10(2)17-8-7-13(15-17)16-23(20,21)12-5-3-11(4-6-12)22-9-14(18)19/h3-8,10H,9H2,1-2H3,(H,15,16)(H,18,19). The lowest BCUT2D eigenvalue weighted by Crippen LogP contribution is -2.14. The van der Waals surface area contributed by atoms with E-state index in [1.54, 1.807) is 16.9 Å². The summed E-state index contributed by atoms with van der Waals surface area (Å²) in [4.78, 5) is 10.4. The van der Waals surface area contributed by atoms with E-state index in [0.717, 1.165) is 0 Å². The van der Waals surface area contributed by atoms with Crippen LogP contribution >= 0.6 is 0 Å². The first-order valence-electron chi connectivity index (χ1n) is 6.80. The number of hydrogen-bond donors (Lipinski definition) is 2. The highest BCUT2D eigenvalue weighted by molar-refractivity contribution is 7.92. The maximum absolute atomic E-state index is 12.3. The van der Waals surface area contributed by atoms with Crippen LogP contribution in [0.5, 0.6) is 5.75 Å². The lowest BCUT2D eigenvalue weighted by molar-refractivity contribution is -0.139. The largest absolute Gasteiger partial charge is 0.482 e. The van der Waals surface area contributed by atoms with E-state index in [-0.39, 0.29) is 22.5 Å². The second kappa shape index (κ2) is 6.69. The first-order valence-corrected chi connectivity index (χ1v) is 8.29. The zero-order chi connectivity index (χ0) is 17.0. The molecule has 2 aromatic rings. The fourth-order valence-electron chi connectivity index (χ4n) is 1.74. The molecular formula is C14H17N3O5S. The number of carbonyl (C=O) groups is 1. The van der Waals surface area contributed by atoms with Gasteiger partial charge < -0.3 is 9.84 Å². The Morgan fingerprint density at radius 2 is 1.96 bits per heavy atom. The third-order valence-corrected chi connectivity index (χ3v) is 4.24. The van der Waals surface area contributed by atoms with Crippen LogP contribution in [-0.4, -0.2) is 35.9 Å². The quantitative estimate of drug-likeness (QED) is 0.795. The fourth-order valence-corrected chi connectivity index (χ4v) is 2.73. The Labute approximate surface area is 133 Å². The predicted molar refractivity (Wildman–Crippen MR) is 83.0 cm³/mol. The maximum Gasteiger partial charge on any atom is 0.341 e. The van der Waals surface area contributed by atoms with Gasteiger partial charge in [-0.05, 0) is 38.1 Å². The van der Waals surface area contributed by atoms with Crippen LogP contribution in [0.2, 0.25) is 0 Å². The summed E-state index contributed by atoms with van der Waals surface area (Å²) in [5.41, 5.74) is 0. The fraction of sp³-hybridized carbons (Fsp3) is 0.286. The Balaban J connectivity index is 2.10. The minimum atomic E-state index is -3.77. The molecule has 0 aliphatic heterocycles. The van der Waals surface area contributed by atoms with Crippen LogP contribution in [0.3, 0.4) is 0 Å². The van der Waals surface area contributed by atoms with Crippen molar-refractivity contribution < 1.29 is 23.1 Å². The molecule has 0 spiro atoms. The van der Waals surface area contributed by atoms with Crippen LogP contribution in [0, 0.1) is 0 Å². The lowest BCUT2D eigenvalue weighted by atomic mass is 10.3. The number of ether oxygens (including phenoxy) is 1. The highest BCUT2D eigenvalue weighted by Crippen LogP contribution is 2.19. The average Bonchev–Trinajstić information content (AvgIpc) is 2.93. The Hall–Kier alpha value is -2.55. The molecule has 0 radical (unpaired) electrons. The molecule has 0 saturated carbocycles. The number of aliphatic carboxylic acids is 1. The van der Waals surface area contributed by atoms with Gasteiger partial charge in [-0.15, -0.1) is 0 Å². The van der Waals surface area contributed by atoms with Gasteiger partial charge in [-0.3, -0.25) is 9.40 Å². The SMILES string of the molecule is CC(C)n1ccc(NS(=O)(=O)c2ccc(OCC(=O)O)cc2)n1. The van der Waals surface area contributed by atoms with Gasteiger partial charge in [0.2, 0.25) is 0 Å². The number of nitrogens with zero attached hydrogens (tertiary/aromatic N) is 2. The van der Waals surface area contributed by atoms with Crippen molar-refractivity contribution in [2.75, 3.05) is 11.3 Å². The van der Waals surface area contributed by atoms with E-state index in [2.05, 4.69) is 9.82 Å². The number of carboxylic acid groups (broad SMARTS) is 1. The van der Waals surface area contributed by atoms with Crippen LogP contribution < -0.4 is 9.46 Å². The van der Waals surface area contributed by atoms with Crippen molar-refractivity contribution in [3.05, 3.63) is 36.5 Å². The minimum absolute atomic E-state index is 0.0271. The number of anilines is 1. The second-order valence-corrected chi connectivity index (χ2v) is 6.72. The van der Waals surface area contributed by atoms with Crippen molar-refractivity contribution in [2.45, 2.75) is 24.8 Å². The molecule has 9 heteroatoms. The van der Waals surface area contributed by atoms with E-state index in [0.29, 0.717) is 0 Å². The molecule has 8 nitrogen and oxygen atoms in total. The average molecular weight is 339 g/mol. The zero-order valence-electron chi connectivity index (χ0n) is 12.6. The molecule has 1 aromatic heterocycles. The molecule has 0 amide bonds. The van der Waals surface area contributed by atoms with Crippen LogP contribution in [-0.2, 0) is 14.8 Å². The number of benzene rings is 1. The molecule has 1 aromatic carbocycles. The zero-order valence-corrected chi connectivity index (χ0v) is 13.4. The Morgan fingerprint density at radius 1 is 1.30 bits per heavy atom. The number of carboxylic acids is 1. The van der Waals surface area contributed by atoms with E-state index >= 15 is 0 Å². The molecule has 0 unspecified atom stereocenters. The minimum Gasteiger partial charge on any atom is -0.482 e. The highest BCUT2D eigenvalue weighted by Gasteiger charge is 2.16. The second-order valence-electron chi connectivity index (χ2n) is 5.03. The summed E-state index contributed by atoms with van der Waals surface area (Å²) in [6.45, 7) is 3.37. The summed E-state index contributed by atoms with van der Waals surface area (Å²) in [6.07, 6.45) is 1.69. The van der Waals surface area contributed by atoms with Crippen LogP contribution in [0.15, 0.2) is 41.4 Å². The third kappa shape index (κ3) is 4.46. The number of aromatic nitrogens is 2. The first kappa shape index (κ1) is 16.8. The Morgan fingerprint density at radius 3 is 2.48 bits per heavy atom. The number of nitrogens with one attached hydrogen (secondary N) is 1. The summed E-state index contributed by atoms with van der Waals surface area (Å²) >= 11 is 0. The van der Waals surface area contributed by atoms with Gasteiger partial charge in [0, 0.05) is 18.3 Å². The Bertz CT molecular complexity index is 781. The smallest absolute Gasteiger partial charge is 0.341 e. The molecule has 0 aliphatic rings. The summed E-state index contributed by atoms with van der Waals surface area (Å²) in [7, 11) is -3.77. The molecule has 0 aliphatic carbocycles. The molecule has 0 saturated heterocycles. The van der Waals surface area contributed by atoms with Gasteiger partial charge in [0.25, 0.3) is 10.0 Å². The molecule has 0 fully saturated rings. The van der Waals surface area contributed by atoms with Crippen molar-refractivity contribution in [3.8, 4) is 5.75 Å². The predicted octanol–water partition coefficient (Wildman–Crippen LogP) is 1.73. The summed E-state index contributed by atoms with van der Waals surface area (Å²) < 4.78 is 33.5. The summed E-state index contributed by atoms with van der Waals surface area (Å²) in [5.74, 6) is -0.607. The van der Waals surface area contributed by atoms with Gasteiger partial charge in [-0.2, -0.15) is 5.10 Å². The van der Waals surface area contributed by atoms with Crippen molar-refractivity contribution in [1.82, 2.24) is 9.78 Å². The third-order valence-electron chi connectivity index (χ3n) is 2.87. The van der Waals surface area contributed by atoms with Gasteiger partial charge in [0.15, 0.2) is 12.4 Å². The maximum atomic E-state index is 12.3. The molecule has 0 atom stereocenters. The van der Waals surface area contributed by atoms with E-state index in [1.807, 2.05) is 13.8 Å². The molecule has 23 heavy (non-hydrogen) atoms. The van der Waals surface area contributed by atoms with Gasteiger partial charge in [-0.25, -0.2) is 13.2 Å². The van der Waals surface area contributed by atoms with Gasteiger partial charge >= 0.3 is 5.97 Å². The number of sulfonamides is 1.